The van der Waals surface area contributed by atoms with Gasteiger partial charge in [-0.2, -0.15) is 0 Å². The van der Waals surface area contributed by atoms with Crippen LogP contribution >= 0.6 is 15.9 Å². The zero-order valence-corrected chi connectivity index (χ0v) is 31.6. The molecule has 0 amide bonds. The first kappa shape index (κ1) is 42.8. The molecule has 6 heterocycles. The summed E-state index contributed by atoms with van der Waals surface area (Å²) in [5.74, 6) is 0.754. The summed E-state index contributed by atoms with van der Waals surface area (Å²) in [4.78, 5) is 35.6. The summed E-state index contributed by atoms with van der Waals surface area (Å²) < 4.78 is 15.5. The highest BCUT2D eigenvalue weighted by Gasteiger charge is 2.23. The van der Waals surface area contributed by atoms with E-state index in [2.05, 4.69) is 41.1 Å². The minimum Gasteiger partial charge on any atom is -0.493 e. The van der Waals surface area contributed by atoms with Crippen LogP contribution in [0.1, 0.15) is 38.5 Å². The number of nitro groups is 2. The normalized spacial score (nSPS) is 16.4. The number of methoxy groups -OCH3 is 3. The number of aliphatic hydroxyl groups excluding tert-OH is 3. The molecule has 3 aromatic rings. The maximum absolute atomic E-state index is 10.7. The molecular weight excluding hydrogens is 762 g/mol. The first-order valence-electron chi connectivity index (χ1n) is 16.9. The molecule has 3 fully saturated rings. The summed E-state index contributed by atoms with van der Waals surface area (Å²) in [5.41, 5.74) is 7.44. The second kappa shape index (κ2) is 21.8. The van der Waals surface area contributed by atoms with Gasteiger partial charge in [0, 0.05) is 44.4 Å². The molecule has 0 aliphatic carbocycles. The molecule has 0 radical (unpaired) electrons. The van der Waals surface area contributed by atoms with Gasteiger partial charge in [0.05, 0.1) is 61.7 Å². The summed E-state index contributed by atoms with van der Waals surface area (Å²) in [6, 6.07) is 4.99. The number of pyridine rings is 3. The molecule has 6 N–H and O–H groups in total. The van der Waals surface area contributed by atoms with E-state index >= 15 is 0 Å². The second-order valence-corrected chi connectivity index (χ2v) is 13.0. The van der Waals surface area contributed by atoms with Crippen LogP contribution in [0.2, 0.25) is 0 Å². The third-order valence-electron chi connectivity index (χ3n) is 8.46. The van der Waals surface area contributed by atoms with Crippen LogP contribution in [-0.4, -0.2) is 119 Å². The summed E-state index contributed by atoms with van der Waals surface area (Å²) in [7, 11) is 4.32. The number of nitrogen functional groups attached to an aromatic ring is 1. The molecule has 0 saturated carbocycles. The maximum atomic E-state index is 10.7. The van der Waals surface area contributed by atoms with Crippen molar-refractivity contribution in [3.8, 4) is 17.2 Å². The summed E-state index contributed by atoms with van der Waals surface area (Å²) in [6.45, 7) is 5.09. The Bertz CT molecular complexity index is 1600. The lowest BCUT2D eigenvalue weighted by Crippen LogP contribution is -2.35. The predicted octanol–water partition coefficient (Wildman–Crippen LogP) is 3.08. The molecule has 0 bridgehead atoms. The van der Waals surface area contributed by atoms with Gasteiger partial charge in [-0.15, -0.1) is 0 Å². The number of nitrogens with one attached hydrogen (secondary N) is 1. The number of hydrogen-bond donors (Lipinski definition) is 5. The van der Waals surface area contributed by atoms with Gasteiger partial charge < -0.3 is 70.6 Å². The summed E-state index contributed by atoms with van der Waals surface area (Å²) in [5, 5.41) is 52.0. The number of rotatable bonds is 7. The van der Waals surface area contributed by atoms with Crippen LogP contribution in [0.3, 0.4) is 0 Å². The fraction of sp³-hybridized carbons (Fsp3) is 0.545. The number of halogens is 1. The first-order valence-corrected chi connectivity index (χ1v) is 17.7. The number of nitrogens with zero attached hydrogens (tertiary/aromatic N) is 7. The van der Waals surface area contributed by atoms with Gasteiger partial charge in [0.25, 0.3) is 0 Å². The average Bonchev–Trinajstić information content (AvgIpc) is 3.16. The smallest absolute Gasteiger partial charge is 0.406 e. The number of aliphatic hydroxyl groups is 3. The molecule has 53 heavy (non-hydrogen) atoms. The SMILES string of the molecule is COc1cc(Br)cnc1[N+](=O)[O-].COc1cc(N2CCC(O)CC2)cnc1N.COc1cc(N2CCC(O)CC2)cnc1[N+](=O)[O-].OC1CCNCC1. The van der Waals surface area contributed by atoms with E-state index in [1.54, 1.807) is 19.4 Å². The van der Waals surface area contributed by atoms with Crippen molar-refractivity contribution < 1.29 is 39.4 Å². The van der Waals surface area contributed by atoms with E-state index in [0.29, 0.717) is 42.0 Å². The molecule has 0 unspecified atom stereocenters. The van der Waals surface area contributed by atoms with Crippen LogP contribution in [0.5, 0.6) is 17.2 Å². The second-order valence-electron chi connectivity index (χ2n) is 12.1. The van der Waals surface area contributed by atoms with Crippen LogP contribution in [0.15, 0.2) is 41.3 Å². The van der Waals surface area contributed by atoms with Crippen molar-refractivity contribution in [2.45, 2.75) is 56.8 Å². The highest BCUT2D eigenvalue weighted by atomic mass is 79.9. The largest absolute Gasteiger partial charge is 0.493 e. The average molecular weight is 811 g/mol. The van der Waals surface area contributed by atoms with Gasteiger partial charge in [-0.05, 0) is 87.4 Å². The van der Waals surface area contributed by atoms with Crippen molar-refractivity contribution in [1.29, 1.82) is 0 Å². The number of piperidine rings is 3. The van der Waals surface area contributed by atoms with E-state index in [4.69, 9.17) is 25.1 Å². The Morgan fingerprint density at radius 2 is 1.09 bits per heavy atom. The molecule has 0 aromatic carbocycles. The van der Waals surface area contributed by atoms with Gasteiger partial charge in [0.1, 0.15) is 0 Å². The Morgan fingerprint density at radius 3 is 1.51 bits per heavy atom. The van der Waals surface area contributed by atoms with Gasteiger partial charge in [-0.3, -0.25) is 0 Å². The van der Waals surface area contributed by atoms with Crippen LogP contribution in [-0.2, 0) is 0 Å². The van der Waals surface area contributed by atoms with Crippen LogP contribution < -0.4 is 35.1 Å². The summed E-state index contributed by atoms with van der Waals surface area (Å²) >= 11 is 3.12. The van der Waals surface area contributed by atoms with E-state index in [9.17, 15) is 30.4 Å². The standard InChI is InChI=1S/C11H15N3O4.C11H17N3O2.C6H5BrN2O3.C5H11NO/c1-18-10-6-8(7-12-11(10)14(16)17)13-4-2-9(15)3-5-13;1-16-10-6-8(7-13-11(10)12)14-4-2-9(15)3-5-14;1-12-5-2-4(7)3-8-6(5)9(10)11;7-5-1-3-6-4-2-5/h6-7,9,15H,2-5H2,1H3;6-7,9,15H,2-5H2,1H3,(H2,12,13);2-3H,1H3;5-7H,1-4H2. The minimum atomic E-state index is -0.592. The Hall–Kier alpha value is -4.63. The number of aromatic nitrogens is 3. The minimum absolute atomic E-state index is 0.0266. The Morgan fingerprint density at radius 1 is 0.698 bits per heavy atom. The number of hydrogen-bond acceptors (Lipinski definition) is 17. The third kappa shape index (κ3) is 13.7. The van der Waals surface area contributed by atoms with E-state index < -0.39 is 9.85 Å². The summed E-state index contributed by atoms with van der Waals surface area (Å²) in [6.07, 6.45) is 8.96. The number of nitrogens with two attached hydrogens (primary N) is 1. The van der Waals surface area contributed by atoms with Gasteiger partial charge >= 0.3 is 11.6 Å². The van der Waals surface area contributed by atoms with Crippen LogP contribution in [0.25, 0.3) is 0 Å². The predicted molar refractivity (Wildman–Crippen MR) is 201 cm³/mol. The van der Waals surface area contributed by atoms with E-state index in [-0.39, 0.29) is 41.4 Å². The molecule has 6 rings (SSSR count). The first-order chi connectivity index (χ1) is 25.4. The zero-order valence-electron chi connectivity index (χ0n) is 30.0. The van der Waals surface area contributed by atoms with E-state index in [1.807, 2.05) is 11.0 Å². The molecule has 3 aromatic heterocycles. The molecule has 3 aliphatic heterocycles. The van der Waals surface area contributed by atoms with E-state index in [1.165, 1.54) is 32.7 Å². The van der Waals surface area contributed by atoms with Gasteiger partial charge in [-0.1, -0.05) is 0 Å². The Labute approximate surface area is 315 Å². The van der Waals surface area contributed by atoms with Crippen molar-refractivity contribution in [2.24, 2.45) is 0 Å². The van der Waals surface area contributed by atoms with E-state index in [0.717, 1.165) is 63.2 Å². The molecule has 3 saturated heterocycles. The quantitative estimate of drug-likeness (QED) is 0.170. The van der Waals surface area contributed by atoms with Gasteiger partial charge in [-0.25, -0.2) is 4.98 Å². The Kier molecular flexibility index (Phi) is 17.6. The van der Waals surface area contributed by atoms with Crippen molar-refractivity contribution in [3.05, 3.63) is 61.5 Å². The van der Waals surface area contributed by atoms with Crippen molar-refractivity contribution in [3.63, 3.8) is 0 Å². The molecular formula is C33H48BrN9O10. The molecule has 0 spiro atoms. The third-order valence-corrected chi connectivity index (χ3v) is 8.89. The van der Waals surface area contributed by atoms with Gasteiger partial charge in [0.15, 0.2) is 24.0 Å². The lowest BCUT2D eigenvalue weighted by Gasteiger charge is -2.31. The molecule has 3 aliphatic rings. The lowest BCUT2D eigenvalue weighted by atomic mass is 10.1. The molecule has 292 valence electrons. The highest BCUT2D eigenvalue weighted by Crippen LogP contribution is 2.30. The molecule has 19 nitrogen and oxygen atoms in total. The van der Waals surface area contributed by atoms with Crippen molar-refractivity contribution >= 4 is 44.8 Å². The van der Waals surface area contributed by atoms with Crippen molar-refractivity contribution in [2.75, 3.05) is 76.1 Å². The topological polar surface area (TPSA) is 258 Å². The number of ether oxygens (including phenoxy) is 3. The number of anilines is 3. The molecule has 20 heteroatoms. The zero-order chi connectivity index (χ0) is 38.9. The molecule has 0 atom stereocenters. The van der Waals surface area contributed by atoms with Crippen LogP contribution in [0, 0.1) is 20.2 Å². The van der Waals surface area contributed by atoms with Gasteiger partial charge in [0.2, 0.25) is 11.5 Å². The van der Waals surface area contributed by atoms with Crippen LogP contribution in [0.4, 0.5) is 28.8 Å². The fourth-order valence-electron chi connectivity index (χ4n) is 5.42. The monoisotopic (exact) mass is 809 g/mol. The highest BCUT2D eigenvalue weighted by molar-refractivity contribution is 9.10. The Balaban J connectivity index is 0.000000199. The fourth-order valence-corrected chi connectivity index (χ4v) is 5.73. The maximum Gasteiger partial charge on any atom is 0.406 e. The lowest BCUT2D eigenvalue weighted by molar-refractivity contribution is -0.390. The van der Waals surface area contributed by atoms with Crippen molar-refractivity contribution in [1.82, 2.24) is 20.3 Å².